The second kappa shape index (κ2) is 10.5. The standard InChI is InChI=1S/C27H20ClFN6O4/c1-15(2)34-14-20(26(37)35(27(34)38)17-5-3-16(29)4-6-17)25(36)33-24-8-7-18(12-32-24)39-22-9-10-30-21-13-31-23(28)11-19(21)22/h3-15H,1-2H3,(H,32,33,36). The highest BCUT2D eigenvalue weighted by atomic mass is 35.5. The molecular weight excluding hydrogens is 527 g/mol. The van der Waals surface area contributed by atoms with E-state index in [9.17, 15) is 18.8 Å². The highest BCUT2D eigenvalue weighted by Crippen LogP contribution is 2.29. The minimum atomic E-state index is -0.848. The van der Waals surface area contributed by atoms with Crippen LogP contribution in [0.3, 0.4) is 0 Å². The van der Waals surface area contributed by atoms with Gasteiger partial charge in [-0.1, -0.05) is 11.6 Å². The lowest BCUT2D eigenvalue weighted by Gasteiger charge is -2.15. The van der Waals surface area contributed by atoms with E-state index in [-0.39, 0.29) is 23.1 Å². The van der Waals surface area contributed by atoms with Gasteiger partial charge in [-0.05, 0) is 62.4 Å². The van der Waals surface area contributed by atoms with Crippen LogP contribution in [0.4, 0.5) is 10.2 Å². The molecule has 1 N–H and O–H groups in total. The number of hydrogen-bond donors (Lipinski definition) is 1. The van der Waals surface area contributed by atoms with Crippen molar-refractivity contribution in [2.45, 2.75) is 19.9 Å². The fourth-order valence-electron chi connectivity index (χ4n) is 3.83. The number of benzene rings is 1. The average Bonchev–Trinajstić information content (AvgIpc) is 2.91. The average molecular weight is 547 g/mol. The fourth-order valence-corrected chi connectivity index (χ4v) is 3.99. The molecule has 0 fully saturated rings. The molecule has 4 aromatic heterocycles. The van der Waals surface area contributed by atoms with Crippen molar-refractivity contribution >= 4 is 34.2 Å². The molecule has 0 aliphatic carbocycles. The Morgan fingerprint density at radius 3 is 2.49 bits per heavy atom. The molecule has 0 aliphatic heterocycles. The van der Waals surface area contributed by atoms with Crippen molar-refractivity contribution in [3.05, 3.63) is 111 Å². The van der Waals surface area contributed by atoms with E-state index in [0.29, 0.717) is 27.6 Å². The van der Waals surface area contributed by atoms with Gasteiger partial charge in [0, 0.05) is 23.8 Å². The maximum atomic E-state index is 13.4. The van der Waals surface area contributed by atoms with Crippen molar-refractivity contribution in [3.8, 4) is 17.2 Å². The molecule has 39 heavy (non-hydrogen) atoms. The Bertz CT molecular complexity index is 1820. The van der Waals surface area contributed by atoms with Gasteiger partial charge in [0.25, 0.3) is 11.5 Å². The highest BCUT2D eigenvalue weighted by Gasteiger charge is 2.20. The van der Waals surface area contributed by atoms with Crippen molar-refractivity contribution in [2.75, 3.05) is 5.32 Å². The van der Waals surface area contributed by atoms with Gasteiger partial charge in [0.05, 0.1) is 23.6 Å². The molecule has 5 rings (SSSR count). The van der Waals surface area contributed by atoms with Crippen LogP contribution in [0.5, 0.6) is 11.5 Å². The summed E-state index contributed by atoms with van der Waals surface area (Å²) in [6.07, 6.45) is 5.71. The monoisotopic (exact) mass is 546 g/mol. The van der Waals surface area contributed by atoms with Crippen molar-refractivity contribution in [1.82, 2.24) is 24.1 Å². The summed E-state index contributed by atoms with van der Waals surface area (Å²) in [6.45, 7) is 3.47. The van der Waals surface area contributed by atoms with Gasteiger partial charge in [-0.3, -0.25) is 19.1 Å². The van der Waals surface area contributed by atoms with Crippen LogP contribution in [0, 0.1) is 5.82 Å². The van der Waals surface area contributed by atoms with E-state index in [1.807, 2.05) is 0 Å². The number of amides is 1. The van der Waals surface area contributed by atoms with Crippen LogP contribution in [-0.4, -0.2) is 30.0 Å². The maximum Gasteiger partial charge on any atom is 0.335 e. The molecule has 1 aromatic carbocycles. The largest absolute Gasteiger partial charge is 0.455 e. The number of pyridine rings is 3. The van der Waals surface area contributed by atoms with E-state index < -0.39 is 23.0 Å². The van der Waals surface area contributed by atoms with Crippen molar-refractivity contribution in [1.29, 1.82) is 0 Å². The van der Waals surface area contributed by atoms with Gasteiger partial charge >= 0.3 is 5.69 Å². The van der Waals surface area contributed by atoms with Crippen LogP contribution < -0.4 is 21.3 Å². The molecule has 0 bridgehead atoms. The molecule has 12 heteroatoms. The summed E-state index contributed by atoms with van der Waals surface area (Å²) < 4.78 is 21.4. The number of halogens is 2. The van der Waals surface area contributed by atoms with Gasteiger partial charge in [-0.2, -0.15) is 0 Å². The van der Waals surface area contributed by atoms with Gasteiger partial charge in [-0.25, -0.2) is 23.7 Å². The molecule has 0 saturated carbocycles. The molecule has 0 saturated heterocycles. The first-order valence-electron chi connectivity index (χ1n) is 11.7. The van der Waals surface area contributed by atoms with Gasteiger partial charge in [0.1, 0.15) is 33.9 Å². The molecule has 10 nitrogen and oxygen atoms in total. The van der Waals surface area contributed by atoms with Crippen molar-refractivity contribution in [3.63, 3.8) is 0 Å². The first-order valence-corrected chi connectivity index (χ1v) is 12.1. The zero-order chi connectivity index (χ0) is 27.7. The Labute approximate surface area is 225 Å². The third kappa shape index (κ3) is 5.25. The topological polar surface area (TPSA) is 121 Å². The number of rotatable bonds is 6. The van der Waals surface area contributed by atoms with E-state index in [1.165, 1.54) is 41.4 Å². The van der Waals surface area contributed by atoms with E-state index >= 15 is 0 Å². The van der Waals surface area contributed by atoms with E-state index in [0.717, 1.165) is 16.7 Å². The normalized spacial score (nSPS) is 11.1. The second-order valence-corrected chi connectivity index (χ2v) is 9.10. The summed E-state index contributed by atoms with van der Waals surface area (Å²) in [4.78, 5) is 51.8. The number of anilines is 1. The zero-order valence-corrected chi connectivity index (χ0v) is 21.4. The Morgan fingerprint density at radius 1 is 1.03 bits per heavy atom. The Hall–Kier alpha value is -4.90. The second-order valence-electron chi connectivity index (χ2n) is 8.71. The minimum Gasteiger partial charge on any atom is -0.455 e. The molecule has 4 heterocycles. The smallest absolute Gasteiger partial charge is 0.335 e. The number of carbonyl (C=O) groups excluding carboxylic acids is 1. The lowest BCUT2D eigenvalue weighted by atomic mass is 10.2. The van der Waals surface area contributed by atoms with Crippen LogP contribution in [0.15, 0.2) is 82.9 Å². The number of hydrogen-bond acceptors (Lipinski definition) is 7. The summed E-state index contributed by atoms with van der Waals surface area (Å²) in [6, 6.07) is 10.9. The molecule has 1 amide bonds. The molecule has 0 atom stereocenters. The summed E-state index contributed by atoms with van der Waals surface area (Å²) >= 11 is 6.01. The predicted molar refractivity (Wildman–Crippen MR) is 143 cm³/mol. The van der Waals surface area contributed by atoms with Crippen LogP contribution >= 0.6 is 11.6 Å². The number of ether oxygens (including phenoxy) is 1. The van der Waals surface area contributed by atoms with E-state index in [1.54, 1.807) is 38.2 Å². The lowest BCUT2D eigenvalue weighted by Crippen LogP contribution is -2.42. The molecule has 0 spiro atoms. The number of nitrogens with one attached hydrogen (secondary N) is 1. The lowest BCUT2D eigenvalue weighted by molar-refractivity contribution is 0.102. The SMILES string of the molecule is CC(C)n1cc(C(=O)Nc2ccc(Oc3ccnc4cnc(Cl)cc34)cn2)c(=O)n(-c2ccc(F)cc2)c1=O. The van der Waals surface area contributed by atoms with Gasteiger partial charge < -0.3 is 10.1 Å². The highest BCUT2D eigenvalue weighted by molar-refractivity contribution is 6.30. The molecular formula is C27H20ClFN6O4. The first kappa shape index (κ1) is 25.7. The molecule has 0 unspecified atom stereocenters. The van der Waals surface area contributed by atoms with Crippen LogP contribution in [0.1, 0.15) is 30.2 Å². The quantitative estimate of drug-likeness (QED) is 0.305. The molecule has 0 aliphatic rings. The zero-order valence-electron chi connectivity index (χ0n) is 20.6. The van der Waals surface area contributed by atoms with Gasteiger partial charge in [-0.15, -0.1) is 0 Å². The van der Waals surface area contributed by atoms with Crippen LogP contribution in [-0.2, 0) is 0 Å². The summed E-state index contributed by atoms with van der Waals surface area (Å²) in [5, 5.41) is 3.52. The Kier molecular flexibility index (Phi) is 6.90. The van der Waals surface area contributed by atoms with E-state index in [4.69, 9.17) is 16.3 Å². The maximum absolute atomic E-state index is 13.4. The number of fused-ring (bicyclic) bond motifs is 1. The fraction of sp³-hybridized carbons (Fsp3) is 0.111. The van der Waals surface area contributed by atoms with Gasteiger partial charge in [0.15, 0.2) is 0 Å². The number of aromatic nitrogens is 5. The summed E-state index contributed by atoms with van der Waals surface area (Å²) in [5.74, 6) is -0.287. The molecule has 196 valence electrons. The third-order valence-electron chi connectivity index (χ3n) is 5.76. The van der Waals surface area contributed by atoms with Crippen molar-refractivity contribution < 1.29 is 13.9 Å². The number of nitrogens with zero attached hydrogens (tertiary/aromatic N) is 5. The first-order chi connectivity index (χ1) is 18.7. The Balaban J connectivity index is 1.42. The molecule has 0 radical (unpaired) electrons. The van der Waals surface area contributed by atoms with Crippen molar-refractivity contribution in [2.24, 2.45) is 0 Å². The predicted octanol–water partition coefficient (Wildman–Crippen LogP) is 4.76. The van der Waals surface area contributed by atoms with Gasteiger partial charge in [0.2, 0.25) is 0 Å². The van der Waals surface area contributed by atoms with Crippen LogP contribution in [0.2, 0.25) is 5.15 Å². The van der Waals surface area contributed by atoms with E-state index in [2.05, 4.69) is 20.3 Å². The Morgan fingerprint density at radius 2 is 1.79 bits per heavy atom. The summed E-state index contributed by atoms with van der Waals surface area (Å²) in [5.41, 5.74) is -1.06. The number of carbonyl (C=O) groups is 1. The minimum absolute atomic E-state index is 0.135. The summed E-state index contributed by atoms with van der Waals surface area (Å²) in [7, 11) is 0. The van der Waals surface area contributed by atoms with Crippen LogP contribution in [0.25, 0.3) is 16.6 Å². The third-order valence-corrected chi connectivity index (χ3v) is 5.97. The molecule has 5 aromatic rings.